The number of carbonyl (C=O) groups is 2. The van der Waals surface area contributed by atoms with Gasteiger partial charge in [0.2, 0.25) is 0 Å². The summed E-state index contributed by atoms with van der Waals surface area (Å²) in [4.78, 5) is 24.6. The van der Waals surface area contributed by atoms with E-state index >= 15 is 0 Å². The molecule has 2 heterocycles. The van der Waals surface area contributed by atoms with Crippen molar-refractivity contribution >= 4 is 11.9 Å². The fourth-order valence-corrected chi connectivity index (χ4v) is 3.56. The van der Waals surface area contributed by atoms with Gasteiger partial charge in [-0.1, -0.05) is 12.8 Å². The van der Waals surface area contributed by atoms with Gasteiger partial charge in [0.05, 0.1) is 13.2 Å². The van der Waals surface area contributed by atoms with Crippen LogP contribution in [0.15, 0.2) is 12.3 Å². The molecule has 1 amide bonds. The van der Waals surface area contributed by atoms with Gasteiger partial charge in [-0.05, 0) is 38.3 Å². The van der Waals surface area contributed by atoms with Gasteiger partial charge >= 0.3 is 5.97 Å². The number of hydrogen-bond acceptors (Lipinski definition) is 5. The van der Waals surface area contributed by atoms with Gasteiger partial charge < -0.3 is 15.4 Å². The summed E-state index contributed by atoms with van der Waals surface area (Å²) in [6.45, 7) is 1.90. The van der Waals surface area contributed by atoms with E-state index in [2.05, 4.69) is 15.7 Å². The highest BCUT2D eigenvalue weighted by Gasteiger charge is 2.44. The van der Waals surface area contributed by atoms with E-state index in [1.165, 1.54) is 7.11 Å². The van der Waals surface area contributed by atoms with Gasteiger partial charge in [-0.3, -0.25) is 9.48 Å². The van der Waals surface area contributed by atoms with Crippen molar-refractivity contribution in [3.63, 3.8) is 0 Å². The fourth-order valence-electron chi connectivity index (χ4n) is 3.56. The molecule has 1 aromatic rings. The number of esters is 1. The van der Waals surface area contributed by atoms with E-state index in [1.807, 2.05) is 10.9 Å². The molecular formula is C16H24N4O3. The van der Waals surface area contributed by atoms with Crippen molar-refractivity contribution in [2.45, 2.75) is 50.1 Å². The zero-order chi connectivity index (χ0) is 16.3. The first-order valence-corrected chi connectivity index (χ1v) is 8.31. The molecule has 1 atom stereocenters. The number of hydrogen-bond donors (Lipinski definition) is 2. The Labute approximate surface area is 135 Å². The highest BCUT2D eigenvalue weighted by Crippen LogP contribution is 2.31. The average molecular weight is 320 g/mol. The van der Waals surface area contributed by atoms with Crippen LogP contribution in [0, 0.1) is 0 Å². The van der Waals surface area contributed by atoms with Crippen LogP contribution in [0.4, 0.5) is 0 Å². The van der Waals surface area contributed by atoms with Crippen LogP contribution in [0.3, 0.4) is 0 Å². The van der Waals surface area contributed by atoms with Crippen molar-refractivity contribution in [3.05, 3.63) is 18.0 Å². The van der Waals surface area contributed by atoms with Gasteiger partial charge in [-0.25, -0.2) is 4.79 Å². The standard InChI is InChI=1S/C16H24N4O3/c1-23-15(22)16(7-2-3-8-16)18-14(21)13-6-10-20(19-13)12-5-4-9-17-11-12/h6,10,12,17H,2-5,7-9,11H2,1H3,(H,18,21). The number of ether oxygens (including phenoxy) is 1. The molecule has 1 unspecified atom stereocenters. The molecule has 1 aromatic heterocycles. The normalized spacial score (nSPS) is 23.4. The Bertz CT molecular complexity index is 572. The Morgan fingerprint density at radius 1 is 1.39 bits per heavy atom. The lowest BCUT2D eigenvalue weighted by Gasteiger charge is -2.26. The summed E-state index contributed by atoms with van der Waals surface area (Å²) in [5.41, 5.74) is -0.534. The molecule has 3 rings (SSSR count). The zero-order valence-electron chi connectivity index (χ0n) is 13.5. The third-order valence-electron chi connectivity index (χ3n) is 4.87. The summed E-state index contributed by atoms with van der Waals surface area (Å²) in [6, 6.07) is 2.00. The third-order valence-corrected chi connectivity index (χ3v) is 4.87. The number of piperidine rings is 1. The van der Waals surface area contributed by atoms with E-state index in [0.717, 1.165) is 38.8 Å². The van der Waals surface area contributed by atoms with E-state index in [-0.39, 0.29) is 17.9 Å². The largest absolute Gasteiger partial charge is 0.467 e. The monoisotopic (exact) mass is 320 g/mol. The van der Waals surface area contributed by atoms with E-state index in [0.29, 0.717) is 18.5 Å². The number of carbonyl (C=O) groups excluding carboxylic acids is 2. The lowest BCUT2D eigenvalue weighted by Crippen LogP contribution is -2.53. The molecular weight excluding hydrogens is 296 g/mol. The second kappa shape index (κ2) is 6.70. The number of methoxy groups -OCH3 is 1. The molecule has 2 N–H and O–H groups in total. The Balaban J connectivity index is 1.70. The van der Waals surface area contributed by atoms with Gasteiger partial charge in [0, 0.05) is 12.7 Å². The number of amides is 1. The summed E-state index contributed by atoms with van der Waals surface area (Å²) in [5, 5.41) is 10.6. The first-order chi connectivity index (χ1) is 11.1. The van der Waals surface area contributed by atoms with Crippen LogP contribution in [0.1, 0.15) is 55.1 Å². The van der Waals surface area contributed by atoms with Crippen molar-refractivity contribution in [1.29, 1.82) is 0 Å². The molecule has 1 aliphatic carbocycles. The molecule has 1 saturated heterocycles. The Hall–Kier alpha value is -1.89. The molecule has 0 bridgehead atoms. The number of nitrogens with one attached hydrogen (secondary N) is 2. The molecule has 0 spiro atoms. The van der Waals surface area contributed by atoms with Gasteiger partial charge in [0.1, 0.15) is 11.2 Å². The molecule has 2 aliphatic rings. The maximum atomic E-state index is 12.5. The lowest BCUT2D eigenvalue weighted by atomic mass is 9.97. The smallest absolute Gasteiger partial charge is 0.331 e. The summed E-state index contributed by atoms with van der Waals surface area (Å²) in [7, 11) is 1.36. The zero-order valence-corrected chi connectivity index (χ0v) is 13.5. The van der Waals surface area contributed by atoms with Gasteiger partial charge in [-0.2, -0.15) is 5.10 Å². The van der Waals surface area contributed by atoms with Crippen LogP contribution in [0.5, 0.6) is 0 Å². The van der Waals surface area contributed by atoms with E-state index in [4.69, 9.17) is 4.74 Å². The lowest BCUT2D eigenvalue weighted by molar-refractivity contribution is -0.148. The van der Waals surface area contributed by atoms with E-state index in [9.17, 15) is 9.59 Å². The maximum absolute atomic E-state index is 12.5. The summed E-state index contributed by atoms with van der Waals surface area (Å²) < 4.78 is 6.73. The Morgan fingerprint density at radius 3 is 2.83 bits per heavy atom. The highest BCUT2D eigenvalue weighted by atomic mass is 16.5. The predicted octanol–water partition coefficient (Wildman–Crippen LogP) is 1.02. The van der Waals surface area contributed by atoms with Crippen LogP contribution in [-0.2, 0) is 9.53 Å². The molecule has 1 saturated carbocycles. The van der Waals surface area contributed by atoms with Gasteiger partial charge in [0.15, 0.2) is 0 Å². The van der Waals surface area contributed by atoms with Crippen molar-refractivity contribution < 1.29 is 14.3 Å². The Morgan fingerprint density at radius 2 is 2.17 bits per heavy atom. The van der Waals surface area contributed by atoms with Crippen LogP contribution >= 0.6 is 0 Å². The topological polar surface area (TPSA) is 85.2 Å². The van der Waals surface area contributed by atoms with Crippen molar-refractivity contribution in [2.24, 2.45) is 0 Å². The number of rotatable bonds is 4. The quantitative estimate of drug-likeness (QED) is 0.809. The van der Waals surface area contributed by atoms with Gasteiger partial charge in [-0.15, -0.1) is 0 Å². The van der Waals surface area contributed by atoms with E-state index in [1.54, 1.807) is 6.07 Å². The number of aromatic nitrogens is 2. The second-order valence-electron chi connectivity index (χ2n) is 6.42. The van der Waals surface area contributed by atoms with Crippen molar-refractivity contribution in [2.75, 3.05) is 20.2 Å². The minimum Gasteiger partial charge on any atom is -0.467 e. The third kappa shape index (κ3) is 3.24. The minimum atomic E-state index is -0.887. The van der Waals surface area contributed by atoms with Crippen LogP contribution in [0.25, 0.3) is 0 Å². The average Bonchev–Trinajstić information content (AvgIpc) is 3.25. The molecule has 7 nitrogen and oxygen atoms in total. The van der Waals surface area contributed by atoms with E-state index < -0.39 is 5.54 Å². The highest BCUT2D eigenvalue weighted by molar-refractivity contribution is 5.96. The molecule has 7 heteroatoms. The first kappa shape index (κ1) is 16.0. The van der Waals surface area contributed by atoms with Crippen LogP contribution < -0.4 is 10.6 Å². The SMILES string of the molecule is COC(=O)C1(NC(=O)c2ccn(C3CCCNC3)n2)CCCC1. The molecule has 0 radical (unpaired) electrons. The second-order valence-corrected chi connectivity index (χ2v) is 6.42. The maximum Gasteiger partial charge on any atom is 0.331 e. The molecule has 0 aromatic carbocycles. The molecule has 1 aliphatic heterocycles. The van der Waals surface area contributed by atoms with Crippen LogP contribution in [-0.4, -0.2) is 47.4 Å². The summed E-state index contributed by atoms with van der Waals surface area (Å²) >= 11 is 0. The van der Waals surface area contributed by atoms with Gasteiger partial charge in [0.25, 0.3) is 5.91 Å². The summed E-state index contributed by atoms with van der Waals surface area (Å²) in [6.07, 6.45) is 7.08. The minimum absolute atomic E-state index is 0.284. The first-order valence-electron chi connectivity index (χ1n) is 8.31. The summed E-state index contributed by atoms with van der Waals surface area (Å²) in [5.74, 6) is -0.668. The van der Waals surface area contributed by atoms with Crippen LogP contribution in [0.2, 0.25) is 0 Å². The molecule has 126 valence electrons. The van der Waals surface area contributed by atoms with Crippen molar-refractivity contribution in [3.8, 4) is 0 Å². The number of nitrogens with zero attached hydrogens (tertiary/aromatic N) is 2. The Kier molecular flexibility index (Phi) is 4.66. The molecule has 2 fully saturated rings. The fraction of sp³-hybridized carbons (Fsp3) is 0.688. The van der Waals surface area contributed by atoms with Crippen molar-refractivity contribution in [1.82, 2.24) is 20.4 Å². The predicted molar refractivity (Wildman–Crippen MR) is 84.0 cm³/mol. The molecule has 23 heavy (non-hydrogen) atoms.